The van der Waals surface area contributed by atoms with E-state index < -0.39 is 0 Å². The van der Waals surface area contributed by atoms with Gasteiger partial charge < -0.3 is 4.74 Å². The van der Waals surface area contributed by atoms with Crippen LogP contribution in [0.15, 0.2) is 12.4 Å². The van der Waals surface area contributed by atoms with Gasteiger partial charge in [0, 0.05) is 12.5 Å². The van der Waals surface area contributed by atoms with Crippen LogP contribution in [-0.2, 0) is 14.9 Å². The Hall–Kier alpha value is -1.20. The fourth-order valence-electron chi connectivity index (χ4n) is 1.32. The summed E-state index contributed by atoms with van der Waals surface area (Å²) in [5.41, 5.74) is 0.788. The van der Waals surface area contributed by atoms with Gasteiger partial charge in [0.15, 0.2) is 5.82 Å². The predicted molar refractivity (Wildman–Crippen MR) is 70.8 cm³/mol. The molecule has 0 bridgehead atoms. The van der Waals surface area contributed by atoms with Crippen LogP contribution in [0.4, 0.5) is 5.82 Å². The molecular weight excluding hydrogens is 254 g/mol. The van der Waals surface area contributed by atoms with E-state index in [1.807, 2.05) is 20.8 Å². The van der Waals surface area contributed by atoms with Crippen molar-refractivity contribution in [2.24, 2.45) is 0 Å². The third kappa shape index (κ3) is 3.65. The molecule has 18 heavy (non-hydrogen) atoms. The van der Waals surface area contributed by atoms with Crippen LogP contribution in [0, 0.1) is 0 Å². The predicted octanol–water partition coefficient (Wildman–Crippen LogP) is 1.95. The Morgan fingerprint density at radius 2 is 2.06 bits per heavy atom. The van der Waals surface area contributed by atoms with E-state index in [1.54, 1.807) is 12.4 Å². The summed E-state index contributed by atoms with van der Waals surface area (Å²) >= 11 is 5.54. The van der Waals surface area contributed by atoms with E-state index in [1.165, 1.54) is 12.0 Å². The molecule has 0 saturated heterocycles. The molecule has 0 aliphatic rings. The van der Waals surface area contributed by atoms with Gasteiger partial charge in [-0.05, 0) is 0 Å². The van der Waals surface area contributed by atoms with Crippen molar-refractivity contribution in [2.75, 3.05) is 24.6 Å². The number of carbonyl (C=O) groups is 1. The number of aromatic nitrogens is 2. The van der Waals surface area contributed by atoms with Crippen molar-refractivity contribution < 1.29 is 9.53 Å². The van der Waals surface area contributed by atoms with Crippen molar-refractivity contribution in [3.05, 3.63) is 18.1 Å². The molecule has 1 rings (SSSR count). The molecule has 0 spiro atoms. The first-order chi connectivity index (χ1) is 8.40. The zero-order chi connectivity index (χ0) is 13.8. The second kappa shape index (κ2) is 6.11. The minimum absolute atomic E-state index is 0.0753. The number of rotatable bonds is 4. The van der Waals surface area contributed by atoms with Gasteiger partial charge in [-0.2, -0.15) is 0 Å². The highest BCUT2D eigenvalue weighted by molar-refractivity contribution is 6.29. The second-order valence-corrected chi connectivity index (χ2v) is 5.15. The number of nitrogens with zero attached hydrogens (tertiary/aromatic N) is 3. The number of hydrogen-bond acceptors (Lipinski definition) is 4. The van der Waals surface area contributed by atoms with Gasteiger partial charge in [0.25, 0.3) is 0 Å². The largest absolute Gasteiger partial charge is 0.364 e. The van der Waals surface area contributed by atoms with E-state index in [0.717, 1.165) is 5.69 Å². The molecule has 0 N–H and O–H groups in total. The maximum absolute atomic E-state index is 11.6. The number of methoxy groups -OCH3 is 1. The first kappa shape index (κ1) is 14.9. The molecule has 0 fully saturated rings. The maximum atomic E-state index is 11.6. The van der Waals surface area contributed by atoms with Crippen LogP contribution in [0.1, 0.15) is 26.5 Å². The molecule has 0 radical (unpaired) electrons. The van der Waals surface area contributed by atoms with Crippen LogP contribution in [0.5, 0.6) is 0 Å². The summed E-state index contributed by atoms with van der Waals surface area (Å²) in [6, 6.07) is 0. The third-order valence-electron chi connectivity index (χ3n) is 2.36. The SMILES string of the molecule is COCN(C(=O)CCl)c1cnc(C(C)(C)C)cn1. The van der Waals surface area contributed by atoms with Crippen molar-refractivity contribution in [3.8, 4) is 0 Å². The summed E-state index contributed by atoms with van der Waals surface area (Å²) in [7, 11) is 1.51. The lowest BCUT2D eigenvalue weighted by Gasteiger charge is -2.21. The first-order valence-corrected chi connectivity index (χ1v) is 6.11. The van der Waals surface area contributed by atoms with Crippen molar-refractivity contribution in [3.63, 3.8) is 0 Å². The summed E-state index contributed by atoms with van der Waals surface area (Å²) in [6.45, 7) is 6.25. The quantitative estimate of drug-likeness (QED) is 0.620. The highest BCUT2D eigenvalue weighted by Gasteiger charge is 2.19. The van der Waals surface area contributed by atoms with E-state index >= 15 is 0 Å². The molecule has 0 aromatic carbocycles. The van der Waals surface area contributed by atoms with Crippen molar-refractivity contribution in [1.82, 2.24) is 9.97 Å². The number of carbonyl (C=O) groups excluding carboxylic acids is 1. The Labute approximate surface area is 112 Å². The lowest BCUT2D eigenvalue weighted by molar-refractivity contribution is -0.117. The monoisotopic (exact) mass is 271 g/mol. The summed E-state index contributed by atoms with van der Waals surface area (Å²) in [5, 5.41) is 0. The number of ether oxygens (including phenoxy) is 1. The van der Waals surface area contributed by atoms with E-state index in [-0.39, 0.29) is 23.9 Å². The molecular formula is C12H18ClN3O2. The van der Waals surface area contributed by atoms with Crippen LogP contribution >= 0.6 is 11.6 Å². The summed E-state index contributed by atoms with van der Waals surface area (Å²) in [4.78, 5) is 21.5. The van der Waals surface area contributed by atoms with Crippen LogP contribution in [0.3, 0.4) is 0 Å². The van der Waals surface area contributed by atoms with Gasteiger partial charge in [-0.15, -0.1) is 11.6 Å². The average molecular weight is 272 g/mol. The molecule has 0 aliphatic carbocycles. The molecule has 1 aromatic rings. The minimum Gasteiger partial charge on any atom is -0.364 e. The standard InChI is InChI=1S/C12H18ClN3O2/c1-12(2,3)9-6-15-10(7-14-9)16(8-18-4)11(17)5-13/h6-7H,5,8H2,1-4H3. The Bertz CT molecular complexity index is 401. The first-order valence-electron chi connectivity index (χ1n) is 5.58. The minimum atomic E-state index is -0.267. The number of hydrogen-bond donors (Lipinski definition) is 0. The summed E-state index contributed by atoms with van der Waals surface area (Å²) in [5.74, 6) is 0.0540. The molecule has 0 saturated carbocycles. The van der Waals surface area contributed by atoms with Crippen LogP contribution in [0.2, 0.25) is 0 Å². The number of alkyl halides is 1. The molecule has 1 aromatic heterocycles. The van der Waals surface area contributed by atoms with Gasteiger partial charge in [-0.1, -0.05) is 20.8 Å². The Kier molecular flexibility index (Phi) is 5.04. The lowest BCUT2D eigenvalue weighted by atomic mass is 9.93. The van der Waals surface area contributed by atoms with E-state index in [9.17, 15) is 4.79 Å². The average Bonchev–Trinajstić information content (AvgIpc) is 2.34. The van der Waals surface area contributed by atoms with Gasteiger partial charge in [0.05, 0.1) is 18.1 Å². The van der Waals surface area contributed by atoms with Crippen LogP contribution in [-0.4, -0.2) is 35.6 Å². The molecule has 5 nitrogen and oxygen atoms in total. The molecule has 0 atom stereocenters. The Balaban J connectivity index is 2.97. The molecule has 0 unspecified atom stereocenters. The van der Waals surface area contributed by atoms with Crippen molar-refractivity contribution >= 4 is 23.3 Å². The van der Waals surface area contributed by atoms with E-state index in [0.29, 0.717) is 5.82 Å². The van der Waals surface area contributed by atoms with Gasteiger partial charge in [-0.25, -0.2) is 4.98 Å². The van der Waals surface area contributed by atoms with Crippen molar-refractivity contribution in [1.29, 1.82) is 0 Å². The molecule has 6 heteroatoms. The lowest BCUT2D eigenvalue weighted by Crippen LogP contribution is -2.34. The third-order valence-corrected chi connectivity index (χ3v) is 2.59. The van der Waals surface area contributed by atoms with Gasteiger partial charge in [0.2, 0.25) is 5.91 Å². The second-order valence-electron chi connectivity index (χ2n) is 4.88. The fourth-order valence-corrected chi connectivity index (χ4v) is 1.46. The van der Waals surface area contributed by atoms with E-state index in [4.69, 9.17) is 16.3 Å². The van der Waals surface area contributed by atoms with Gasteiger partial charge in [0.1, 0.15) is 12.6 Å². The normalized spacial score (nSPS) is 11.4. The maximum Gasteiger partial charge on any atom is 0.245 e. The molecule has 0 aliphatic heterocycles. The van der Waals surface area contributed by atoms with Crippen LogP contribution < -0.4 is 4.90 Å². The van der Waals surface area contributed by atoms with Gasteiger partial charge >= 0.3 is 0 Å². The fraction of sp³-hybridized carbons (Fsp3) is 0.583. The molecule has 1 heterocycles. The molecule has 1 amide bonds. The summed E-state index contributed by atoms with van der Waals surface area (Å²) in [6.07, 6.45) is 3.23. The highest BCUT2D eigenvalue weighted by Crippen LogP contribution is 2.20. The zero-order valence-corrected chi connectivity index (χ0v) is 11.9. The molecule has 100 valence electrons. The van der Waals surface area contributed by atoms with E-state index in [2.05, 4.69) is 9.97 Å². The van der Waals surface area contributed by atoms with Crippen LogP contribution in [0.25, 0.3) is 0 Å². The Morgan fingerprint density at radius 1 is 1.39 bits per heavy atom. The van der Waals surface area contributed by atoms with Crippen molar-refractivity contribution in [2.45, 2.75) is 26.2 Å². The van der Waals surface area contributed by atoms with Gasteiger partial charge in [-0.3, -0.25) is 14.7 Å². The number of amides is 1. The smallest absolute Gasteiger partial charge is 0.245 e. The summed E-state index contributed by atoms with van der Waals surface area (Å²) < 4.78 is 4.96. The number of anilines is 1. The highest BCUT2D eigenvalue weighted by atomic mass is 35.5. The Morgan fingerprint density at radius 3 is 2.44 bits per heavy atom. The number of halogens is 1. The topological polar surface area (TPSA) is 55.3 Å². The zero-order valence-electron chi connectivity index (χ0n) is 11.1.